The van der Waals surface area contributed by atoms with E-state index >= 15 is 0 Å². The molecule has 0 atom stereocenters. The molecule has 3 aromatic rings. The second-order valence-corrected chi connectivity index (χ2v) is 6.99. The van der Waals surface area contributed by atoms with Gasteiger partial charge in [0.1, 0.15) is 5.82 Å². The number of nitrogens with zero attached hydrogens (tertiary/aromatic N) is 2. The van der Waals surface area contributed by atoms with E-state index in [4.69, 9.17) is 0 Å². The van der Waals surface area contributed by atoms with E-state index in [1.807, 2.05) is 51.1 Å². The number of hydrogen-bond donors (Lipinski definition) is 2. The summed E-state index contributed by atoms with van der Waals surface area (Å²) in [6.07, 6.45) is -4.61. The maximum absolute atomic E-state index is 13.1. The molecule has 0 aliphatic rings. The fraction of sp³-hybridized carbons (Fsp3) is 0.263. The molecule has 0 radical (unpaired) electrons. The maximum atomic E-state index is 13.1. The summed E-state index contributed by atoms with van der Waals surface area (Å²) >= 11 is 0. The summed E-state index contributed by atoms with van der Waals surface area (Å²) in [5.74, 6) is -0.993. The van der Waals surface area contributed by atoms with Crippen LogP contribution in [-0.4, -0.2) is 15.5 Å². The van der Waals surface area contributed by atoms with E-state index in [0.29, 0.717) is 5.39 Å². The first kappa shape index (κ1) is 18.0. The highest BCUT2D eigenvalue weighted by atomic mass is 19.4. The summed E-state index contributed by atoms with van der Waals surface area (Å²) in [5.41, 5.74) is 1.40. The Hall–Kier alpha value is -2.83. The minimum atomic E-state index is -4.61. The summed E-state index contributed by atoms with van der Waals surface area (Å²) in [7, 11) is 0. The Bertz CT molecular complexity index is 916. The number of para-hydroxylation sites is 1. The molecule has 0 aliphatic heterocycles. The standard InChI is InChI=1S/C19H19F3N4/c1-18(2,3)26-16-14-11-13(23-12-7-5-4-6-8-12)9-10-15(14)24-17(25-16)19(20,21)22/h4-11,23H,1-3H3,(H,24,25,26). The van der Waals surface area contributed by atoms with Crippen LogP contribution in [-0.2, 0) is 6.18 Å². The van der Waals surface area contributed by atoms with Gasteiger partial charge in [0.2, 0.25) is 5.82 Å². The molecule has 2 N–H and O–H groups in total. The summed E-state index contributed by atoms with van der Waals surface area (Å²) in [5, 5.41) is 6.80. The predicted octanol–water partition coefficient (Wildman–Crippen LogP) is 5.60. The Kier molecular flexibility index (Phi) is 4.48. The van der Waals surface area contributed by atoms with Gasteiger partial charge in [0.25, 0.3) is 0 Å². The molecular weight excluding hydrogens is 341 g/mol. The molecule has 0 spiro atoms. The van der Waals surface area contributed by atoms with Crippen molar-refractivity contribution in [1.29, 1.82) is 0 Å². The van der Waals surface area contributed by atoms with Gasteiger partial charge < -0.3 is 10.6 Å². The molecule has 26 heavy (non-hydrogen) atoms. The van der Waals surface area contributed by atoms with Crippen LogP contribution < -0.4 is 10.6 Å². The van der Waals surface area contributed by atoms with Crippen LogP contribution in [0.5, 0.6) is 0 Å². The summed E-state index contributed by atoms with van der Waals surface area (Å²) in [4.78, 5) is 7.41. The second-order valence-electron chi connectivity index (χ2n) is 6.99. The lowest BCUT2D eigenvalue weighted by molar-refractivity contribution is -0.144. The molecule has 0 amide bonds. The Balaban J connectivity index is 2.10. The lowest BCUT2D eigenvalue weighted by atomic mass is 10.1. The molecule has 4 nitrogen and oxygen atoms in total. The zero-order valence-corrected chi connectivity index (χ0v) is 14.6. The summed E-state index contributed by atoms with van der Waals surface area (Å²) < 4.78 is 39.4. The molecule has 1 heterocycles. The highest BCUT2D eigenvalue weighted by molar-refractivity contribution is 5.92. The fourth-order valence-corrected chi connectivity index (χ4v) is 2.47. The lowest BCUT2D eigenvalue weighted by Gasteiger charge is -2.23. The topological polar surface area (TPSA) is 49.8 Å². The van der Waals surface area contributed by atoms with E-state index in [1.54, 1.807) is 18.2 Å². The molecule has 136 valence electrons. The molecule has 0 aliphatic carbocycles. The third kappa shape index (κ3) is 4.22. The predicted molar refractivity (Wildman–Crippen MR) is 97.6 cm³/mol. The van der Waals surface area contributed by atoms with Crippen molar-refractivity contribution in [3.63, 3.8) is 0 Å². The van der Waals surface area contributed by atoms with Crippen molar-refractivity contribution in [1.82, 2.24) is 9.97 Å². The van der Waals surface area contributed by atoms with Gasteiger partial charge in [-0.1, -0.05) is 18.2 Å². The van der Waals surface area contributed by atoms with Crippen LogP contribution >= 0.6 is 0 Å². The third-order valence-corrected chi connectivity index (χ3v) is 3.51. The first-order valence-corrected chi connectivity index (χ1v) is 8.11. The lowest BCUT2D eigenvalue weighted by Crippen LogP contribution is -2.27. The van der Waals surface area contributed by atoms with Crippen LogP contribution in [0.15, 0.2) is 48.5 Å². The zero-order valence-electron chi connectivity index (χ0n) is 14.6. The minimum Gasteiger partial charge on any atom is -0.365 e. The van der Waals surface area contributed by atoms with Gasteiger partial charge in [-0.3, -0.25) is 0 Å². The van der Waals surface area contributed by atoms with E-state index < -0.39 is 17.5 Å². The number of rotatable bonds is 3. The number of anilines is 3. The molecule has 3 rings (SSSR count). The van der Waals surface area contributed by atoms with Crippen molar-refractivity contribution in [2.75, 3.05) is 10.6 Å². The van der Waals surface area contributed by atoms with Crippen molar-refractivity contribution in [2.45, 2.75) is 32.5 Å². The van der Waals surface area contributed by atoms with Crippen molar-refractivity contribution in [3.05, 3.63) is 54.4 Å². The van der Waals surface area contributed by atoms with Gasteiger partial charge in [0.15, 0.2) is 0 Å². The van der Waals surface area contributed by atoms with Crippen molar-refractivity contribution < 1.29 is 13.2 Å². The van der Waals surface area contributed by atoms with Crippen LogP contribution in [0.3, 0.4) is 0 Å². The fourth-order valence-electron chi connectivity index (χ4n) is 2.47. The number of nitrogens with one attached hydrogen (secondary N) is 2. The summed E-state index contributed by atoms with van der Waals surface area (Å²) in [6, 6.07) is 14.5. The van der Waals surface area contributed by atoms with Crippen molar-refractivity contribution in [2.24, 2.45) is 0 Å². The number of halogens is 3. The van der Waals surface area contributed by atoms with Crippen molar-refractivity contribution in [3.8, 4) is 0 Å². The first-order valence-electron chi connectivity index (χ1n) is 8.11. The zero-order chi connectivity index (χ0) is 18.9. The van der Waals surface area contributed by atoms with Gasteiger partial charge in [-0.05, 0) is 51.1 Å². The molecule has 7 heteroatoms. The Labute approximate surface area is 149 Å². The molecule has 0 bridgehead atoms. The Morgan fingerprint density at radius 2 is 1.54 bits per heavy atom. The van der Waals surface area contributed by atoms with Crippen LogP contribution in [0.1, 0.15) is 26.6 Å². The highest BCUT2D eigenvalue weighted by Gasteiger charge is 2.35. The molecular formula is C19H19F3N4. The number of alkyl halides is 3. The first-order chi connectivity index (χ1) is 12.1. The van der Waals surface area contributed by atoms with Crippen LogP contribution in [0, 0.1) is 0 Å². The number of hydrogen-bond acceptors (Lipinski definition) is 4. The normalized spacial score (nSPS) is 12.2. The van der Waals surface area contributed by atoms with E-state index in [-0.39, 0.29) is 11.3 Å². The van der Waals surface area contributed by atoms with E-state index in [9.17, 15) is 13.2 Å². The van der Waals surface area contributed by atoms with Crippen molar-refractivity contribution >= 4 is 28.1 Å². The van der Waals surface area contributed by atoms with Crippen LogP contribution in [0.4, 0.5) is 30.4 Å². The summed E-state index contributed by atoms with van der Waals surface area (Å²) in [6.45, 7) is 5.58. The van der Waals surface area contributed by atoms with Crippen LogP contribution in [0.25, 0.3) is 10.9 Å². The van der Waals surface area contributed by atoms with Crippen LogP contribution in [0.2, 0.25) is 0 Å². The molecule has 1 aromatic heterocycles. The highest BCUT2D eigenvalue weighted by Crippen LogP contribution is 2.33. The number of benzene rings is 2. The molecule has 0 saturated heterocycles. The quantitative estimate of drug-likeness (QED) is 0.638. The second kappa shape index (κ2) is 6.48. The third-order valence-electron chi connectivity index (χ3n) is 3.51. The smallest absolute Gasteiger partial charge is 0.365 e. The maximum Gasteiger partial charge on any atom is 0.451 e. The monoisotopic (exact) mass is 360 g/mol. The molecule has 0 fully saturated rings. The van der Waals surface area contributed by atoms with Gasteiger partial charge in [0.05, 0.1) is 5.52 Å². The van der Waals surface area contributed by atoms with E-state index in [0.717, 1.165) is 11.4 Å². The largest absolute Gasteiger partial charge is 0.451 e. The minimum absolute atomic E-state index is 0.159. The average Bonchev–Trinajstić information content (AvgIpc) is 2.54. The molecule has 2 aromatic carbocycles. The SMILES string of the molecule is CC(C)(C)Nc1nc(C(F)(F)F)nc2ccc(Nc3ccccc3)cc12. The van der Waals surface area contributed by atoms with Gasteiger partial charge >= 0.3 is 6.18 Å². The van der Waals surface area contributed by atoms with Gasteiger partial charge in [-0.2, -0.15) is 13.2 Å². The van der Waals surface area contributed by atoms with Gasteiger partial charge in [0, 0.05) is 22.3 Å². The molecule has 0 saturated carbocycles. The van der Waals surface area contributed by atoms with E-state index in [2.05, 4.69) is 20.6 Å². The Morgan fingerprint density at radius 1 is 0.846 bits per heavy atom. The number of aromatic nitrogens is 2. The number of fused-ring (bicyclic) bond motifs is 1. The van der Waals surface area contributed by atoms with Gasteiger partial charge in [-0.25, -0.2) is 9.97 Å². The van der Waals surface area contributed by atoms with Gasteiger partial charge in [-0.15, -0.1) is 0 Å². The molecule has 0 unspecified atom stereocenters. The van der Waals surface area contributed by atoms with E-state index in [1.165, 1.54) is 0 Å². The average molecular weight is 360 g/mol. The Morgan fingerprint density at radius 3 is 2.15 bits per heavy atom.